The second-order valence-corrected chi connectivity index (χ2v) is 7.50. The Hall–Kier alpha value is -1.42. The fraction of sp³-hybridized carbons (Fsp3) is 0.529. The molecule has 1 atom stereocenters. The van der Waals surface area contributed by atoms with Crippen LogP contribution in [0.25, 0.3) is 0 Å². The molecule has 1 fully saturated rings. The molecule has 3 nitrogen and oxygen atoms in total. The maximum absolute atomic E-state index is 12.5. The molecule has 1 aliphatic carbocycles. The van der Waals surface area contributed by atoms with E-state index in [2.05, 4.69) is 33.0 Å². The molecule has 0 saturated heterocycles. The standard InChI is InChI=1S/C17H24N2OS/c1-16(2)15(17(16,3)4)19-14(20)12(13(18)21)10-11-8-6-5-7-9-11/h5-9,12,15H,10H2,1-4H3,(H2,18,21)(H,19,20). The largest absolute Gasteiger partial charge is 0.393 e. The van der Waals surface area contributed by atoms with Crippen LogP contribution in [0.15, 0.2) is 30.3 Å². The van der Waals surface area contributed by atoms with Gasteiger partial charge in [-0.3, -0.25) is 4.79 Å². The number of thiocarbonyl (C=S) groups is 1. The zero-order valence-corrected chi connectivity index (χ0v) is 14.0. The van der Waals surface area contributed by atoms with Crippen LogP contribution in [0.2, 0.25) is 0 Å². The number of rotatable bonds is 5. The molecule has 1 aliphatic rings. The molecule has 114 valence electrons. The van der Waals surface area contributed by atoms with E-state index in [-0.39, 0.29) is 27.8 Å². The van der Waals surface area contributed by atoms with Crippen LogP contribution in [-0.4, -0.2) is 16.9 Å². The van der Waals surface area contributed by atoms with Crippen LogP contribution in [0, 0.1) is 16.7 Å². The SMILES string of the molecule is CC1(C)C(NC(=O)C(Cc2ccccc2)C(N)=S)C1(C)C. The predicted octanol–water partition coefficient (Wildman–Crippen LogP) is 2.68. The van der Waals surface area contributed by atoms with Crippen LogP contribution in [0.4, 0.5) is 0 Å². The van der Waals surface area contributed by atoms with E-state index < -0.39 is 5.92 Å². The lowest BCUT2D eigenvalue weighted by atomic mass is 9.98. The molecule has 4 heteroatoms. The molecule has 1 unspecified atom stereocenters. The van der Waals surface area contributed by atoms with Gasteiger partial charge in [-0.25, -0.2) is 0 Å². The van der Waals surface area contributed by atoms with Crippen molar-refractivity contribution >= 4 is 23.1 Å². The molecule has 1 aromatic rings. The van der Waals surface area contributed by atoms with E-state index in [0.29, 0.717) is 6.42 Å². The molecule has 0 aromatic heterocycles. The fourth-order valence-electron chi connectivity index (χ4n) is 2.97. The van der Waals surface area contributed by atoms with E-state index in [4.69, 9.17) is 18.0 Å². The lowest BCUT2D eigenvalue weighted by Crippen LogP contribution is -2.41. The van der Waals surface area contributed by atoms with E-state index in [1.165, 1.54) is 0 Å². The molecule has 1 aromatic carbocycles. The molecule has 0 aliphatic heterocycles. The van der Waals surface area contributed by atoms with Gasteiger partial charge in [-0.05, 0) is 22.8 Å². The van der Waals surface area contributed by atoms with Gasteiger partial charge in [0.15, 0.2) is 0 Å². The second-order valence-electron chi connectivity index (χ2n) is 7.03. The number of amides is 1. The smallest absolute Gasteiger partial charge is 0.230 e. The summed E-state index contributed by atoms with van der Waals surface area (Å²) in [4.78, 5) is 12.8. The minimum atomic E-state index is -0.449. The van der Waals surface area contributed by atoms with Gasteiger partial charge in [0.25, 0.3) is 0 Å². The summed E-state index contributed by atoms with van der Waals surface area (Å²) in [6.07, 6.45) is 0.551. The second kappa shape index (κ2) is 5.41. The Labute approximate surface area is 132 Å². The normalized spacial score (nSPS) is 20.6. The van der Waals surface area contributed by atoms with Crippen LogP contribution in [0.3, 0.4) is 0 Å². The summed E-state index contributed by atoms with van der Waals surface area (Å²) in [5.74, 6) is -0.510. The zero-order chi connectivity index (χ0) is 15.8. The zero-order valence-electron chi connectivity index (χ0n) is 13.1. The first-order chi connectivity index (χ1) is 9.68. The van der Waals surface area contributed by atoms with Gasteiger partial charge in [0, 0.05) is 6.04 Å². The van der Waals surface area contributed by atoms with Crippen molar-refractivity contribution in [3.8, 4) is 0 Å². The van der Waals surface area contributed by atoms with Crippen LogP contribution in [0.1, 0.15) is 33.3 Å². The third kappa shape index (κ3) is 2.95. The van der Waals surface area contributed by atoms with Gasteiger partial charge in [-0.2, -0.15) is 0 Å². The van der Waals surface area contributed by atoms with Crippen molar-refractivity contribution in [3.05, 3.63) is 35.9 Å². The Balaban J connectivity index is 2.06. The summed E-state index contributed by atoms with van der Waals surface area (Å²) in [5.41, 5.74) is 7.07. The fourth-order valence-corrected chi connectivity index (χ4v) is 3.16. The number of hydrogen-bond donors (Lipinski definition) is 2. The molecular weight excluding hydrogens is 280 g/mol. The van der Waals surface area contributed by atoms with Gasteiger partial charge in [0.2, 0.25) is 5.91 Å². The summed E-state index contributed by atoms with van der Waals surface area (Å²) in [6.45, 7) is 8.69. The highest BCUT2D eigenvalue weighted by Gasteiger charge is 2.65. The van der Waals surface area contributed by atoms with E-state index >= 15 is 0 Å². The number of hydrogen-bond acceptors (Lipinski definition) is 2. The van der Waals surface area contributed by atoms with E-state index in [0.717, 1.165) is 5.56 Å². The van der Waals surface area contributed by atoms with Crippen molar-refractivity contribution in [1.82, 2.24) is 5.32 Å². The average Bonchev–Trinajstić information content (AvgIpc) is 2.79. The summed E-state index contributed by atoms with van der Waals surface area (Å²) in [6, 6.07) is 10.0. The van der Waals surface area contributed by atoms with Crippen LogP contribution < -0.4 is 11.1 Å². The highest BCUT2D eigenvalue weighted by Crippen LogP contribution is 2.62. The van der Waals surface area contributed by atoms with E-state index in [1.54, 1.807) is 0 Å². The molecule has 21 heavy (non-hydrogen) atoms. The van der Waals surface area contributed by atoms with Crippen LogP contribution in [-0.2, 0) is 11.2 Å². The average molecular weight is 304 g/mol. The minimum absolute atomic E-state index is 0.0602. The summed E-state index contributed by atoms with van der Waals surface area (Å²) in [7, 11) is 0. The first-order valence-electron chi connectivity index (χ1n) is 7.31. The van der Waals surface area contributed by atoms with Crippen molar-refractivity contribution in [2.24, 2.45) is 22.5 Å². The van der Waals surface area contributed by atoms with Gasteiger partial charge in [-0.15, -0.1) is 0 Å². The van der Waals surface area contributed by atoms with E-state index in [1.807, 2.05) is 30.3 Å². The van der Waals surface area contributed by atoms with Crippen molar-refractivity contribution in [1.29, 1.82) is 0 Å². The molecular formula is C17H24N2OS. The summed E-state index contributed by atoms with van der Waals surface area (Å²) >= 11 is 5.10. The molecule has 0 spiro atoms. The Bertz CT molecular complexity index is 537. The van der Waals surface area contributed by atoms with Gasteiger partial charge in [0.05, 0.1) is 10.9 Å². The number of benzene rings is 1. The van der Waals surface area contributed by atoms with Crippen molar-refractivity contribution in [3.63, 3.8) is 0 Å². The Morgan fingerprint density at radius 3 is 2.19 bits per heavy atom. The number of nitrogens with two attached hydrogens (primary N) is 1. The highest BCUT2D eigenvalue weighted by atomic mass is 32.1. The summed E-state index contributed by atoms with van der Waals surface area (Å²) in [5, 5.41) is 3.13. The van der Waals surface area contributed by atoms with E-state index in [9.17, 15) is 4.79 Å². The molecule has 2 rings (SSSR count). The van der Waals surface area contributed by atoms with Gasteiger partial charge in [0.1, 0.15) is 0 Å². The topological polar surface area (TPSA) is 55.1 Å². The minimum Gasteiger partial charge on any atom is -0.393 e. The number of carbonyl (C=O) groups is 1. The lowest BCUT2D eigenvalue weighted by molar-refractivity contribution is -0.123. The maximum Gasteiger partial charge on any atom is 0.230 e. The molecule has 0 heterocycles. The molecule has 1 saturated carbocycles. The Morgan fingerprint density at radius 2 is 1.76 bits per heavy atom. The molecule has 1 amide bonds. The summed E-state index contributed by atoms with van der Waals surface area (Å²) < 4.78 is 0. The third-order valence-electron chi connectivity index (χ3n) is 5.25. The number of carbonyl (C=O) groups excluding carboxylic acids is 1. The Morgan fingerprint density at radius 1 is 1.24 bits per heavy atom. The van der Waals surface area contributed by atoms with Gasteiger partial charge in [-0.1, -0.05) is 70.2 Å². The first-order valence-corrected chi connectivity index (χ1v) is 7.72. The predicted molar refractivity (Wildman–Crippen MR) is 89.9 cm³/mol. The third-order valence-corrected chi connectivity index (χ3v) is 5.53. The molecule has 3 N–H and O–H groups in total. The highest BCUT2D eigenvalue weighted by molar-refractivity contribution is 7.80. The monoisotopic (exact) mass is 304 g/mol. The maximum atomic E-state index is 12.5. The van der Waals surface area contributed by atoms with Gasteiger partial charge >= 0.3 is 0 Å². The van der Waals surface area contributed by atoms with Crippen molar-refractivity contribution < 1.29 is 4.79 Å². The number of nitrogens with one attached hydrogen (secondary N) is 1. The van der Waals surface area contributed by atoms with Crippen LogP contribution >= 0.6 is 12.2 Å². The first kappa shape index (κ1) is 16.0. The quantitative estimate of drug-likeness (QED) is 0.822. The lowest BCUT2D eigenvalue weighted by Gasteiger charge is -2.16. The molecule has 0 bridgehead atoms. The van der Waals surface area contributed by atoms with Crippen molar-refractivity contribution in [2.75, 3.05) is 0 Å². The Kier molecular flexibility index (Phi) is 4.11. The van der Waals surface area contributed by atoms with Crippen LogP contribution in [0.5, 0.6) is 0 Å². The molecule has 0 radical (unpaired) electrons. The van der Waals surface area contributed by atoms with Gasteiger partial charge < -0.3 is 11.1 Å². The van der Waals surface area contributed by atoms with Crippen molar-refractivity contribution in [2.45, 2.75) is 40.2 Å².